The third-order valence-electron chi connectivity index (χ3n) is 6.54. The van der Waals surface area contributed by atoms with Crippen molar-refractivity contribution in [3.8, 4) is 5.75 Å². The SMILES string of the molecule is Oc1ccc(N2CCN(CCCN3Cc4ccccc4C4(C3)SCCS4)CC2)cc1. The summed E-state index contributed by atoms with van der Waals surface area (Å²) in [5.41, 5.74) is 4.34. The van der Waals surface area contributed by atoms with Crippen LogP contribution in [0.5, 0.6) is 5.75 Å². The van der Waals surface area contributed by atoms with Gasteiger partial charge in [0, 0.05) is 56.5 Å². The number of aromatic hydroxyl groups is 1. The maximum atomic E-state index is 9.49. The summed E-state index contributed by atoms with van der Waals surface area (Å²) in [6.45, 7) is 9.06. The summed E-state index contributed by atoms with van der Waals surface area (Å²) in [5.74, 6) is 2.89. The molecule has 30 heavy (non-hydrogen) atoms. The largest absolute Gasteiger partial charge is 0.508 e. The summed E-state index contributed by atoms with van der Waals surface area (Å²) in [5, 5.41) is 9.49. The zero-order valence-electron chi connectivity index (χ0n) is 17.5. The predicted octanol–water partition coefficient (Wildman–Crippen LogP) is 4.05. The van der Waals surface area contributed by atoms with Gasteiger partial charge < -0.3 is 10.0 Å². The molecule has 2 saturated heterocycles. The first kappa shape index (κ1) is 20.6. The molecular weight excluding hydrogens is 410 g/mol. The van der Waals surface area contributed by atoms with Crippen LogP contribution in [0, 0.1) is 0 Å². The molecule has 0 bridgehead atoms. The van der Waals surface area contributed by atoms with Crippen molar-refractivity contribution in [1.29, 1.82) is 0 Å². The Bertz CT molecular complexity index is 846. The number of fused-ring (bicyclic) bond motifs is 2. The van der Waals surface area contributed by atoms with Gasteiger partial charge in [-0.2, -0.15) is 0 Å². The van der Waals surface area contributed by atoms with Crippen LogP contribution in [-0.2, 0) is 10.6 Å². The van der Waals surface area contributed by atoms with Gasteiger partial charge in [0.15, 0.2) is 0 Å². The van der Waals surface area contributed by atoms with E-state index < -0.39 is 0 Å². The second-order valence-electron chi connectivity index (χ2n) is 8.52. The zero-order chi connectivity index (χ0) is 20.4. The van der Waals surface area contributed by atoms with Gasteiger partial charge in [0.1, 0.15) is 5.75 Å². The minimum atomic E-state index is 0.268. The topological polar surface area (TPSA) is 30.0 Å². The molecule has 1 spiro atoms. The van der Waals surface area contributed by atoms with Crippen LogP contribution >= 0.6 is 23.5 Å². The second kappa shape index (κ2) is 9.03. The van der Waals surface area contributed by atoms with E-state index in [1.54, 1.807) is 17.7 Å². The summed E-state index contributed by atoms with van der Waals surface area (Å²) in [6.07, 6.45) is 1.24. The molecule has 0 radical (unpaired) electrons. The van der Waals surface area contributed by atoms with Gasteiger partial charge in [-0.25, -0.2) is 0 Å². The van der Waals surface area contributed by atoms with Crippen LogP contribution in [0.15, 0.2) is 48.5 Å². The lowest BCUT2D eigenvalue weighted by Crippen LogP contribution is -2.47. The molecule has 4 nitrogen and oxygen atoms in total. The van der Waals surface area contributed by atoms with E-state index in [-0.39, 0.29) is 4.08 Å². The normalized spacial score (nSPS) is 21.8. The van der Waals surface area contributed by atoms with Crippen LogP contribution in [0.25, 0.3) is 0 Å². The molecule has 6 heteroatoms. The first-order valence-electron chi connectivity index (χ1n) is 11.1. The summed E-state index contributed by atoms with van der Waals surface area (Å²) >= 11 is 4.32. The number of phenolic OH excluding ortho intramolecular Hbond substituents is 1. The van der Waals surface area contributed by atoms with Gasteiger partial charge in [0.25, 0.3) is 0 Å². The number of piperazine rings is 1. The monoisotopic (exact) mass is 441 g/mol. The smallest absolute Gasteiger partial charge is 0.115 e. The molecule has 2 aromatic carbocycles. The number of rotatable bonds is 5. The van der Waals surface area contributed by atoms with Crippen LogP contribution in [0.4, 0.5) is 5.69 Å². The molecule has 3 aliphatic heterocycles. The maximum absolute atomic E-state index is 9.49. The Kier molecular flexibility index (Phi) is 6.19. The van der Waals surface area contributed by atoms with Crippen molar-refractivity contribution in [2.75, 3.05) is 62.2 Å². The minimum absolute atomic E-state index is 0.268. The number of hydrogen-bond donors (Lipinski definition) is 1. The lowest BCUT2D eigenvalue weighted by molar-refractivity contribution is 0.205. The van der Waals surface area contributed by atoms with Crippen LogP contribution in [0.3, 0.4) is 0 Å². The van der Waals surface area contributed by atoms with Gasteiger partial charge in [-0.05, 0) is 54.9 Å². The second-order valence-corrected chi connectivity index (χ2v) is 11.6. The van der Waals surface area contributed by atoms with Gasteiger partial charge in [-0.15, -0.1) is 23.5 Å². The Balaban J connectivity index is 1.11. The van der Waals surface area contributed by atoms with E-state index in [9.17, 15) is 5.11 Å². The van der Waals surface area contributed by atoms with E-state index >= 15 is 0 Å². The van der Waals surface area contributed by atoms with Crippen LogP contribution in [0.1, 0.15) is 17.5 Å². The molecule has 0 saturated carbocycles. The summed E-state index contributed by atoms with van der Waals surface area (Å²) in [7, 11) is 0. The Hall–Kier alpha value is -1.34. The highest BCUT2D eigenvalue weighted by atomic mass is 32.2. The molecule has 3 aliphatic rings. The molecule has 1 N–H and O–H groups in total. The quantitative estimate of drug-likeness (QED) is 0.753. The molecule has 2 aromatic rings. The molecule has 5 rings (SSSR count). The molecular formula is C24H31N3OS2. The number of thioether (sulfide) groups is 2. The van der Waals surface area contributed by atoms with Gasteiger partial charge in [-0.1, -0.05) is 24.3 Å². The highest BCUT2D eigenvalue weighted by molar-refractivity contribution is 8.20. The zero-order valence-corrected chi connectivity index (χ0v) is 19.1. The molecule has 0 unspecified atom stereocenters. The third-order valence-corrected chi connectivity index (χ3v) is 9.96. The lowest BCUT2D eigenvalue weighted by atomic mass is 9.98. The lowest BCUT2D eigenvalue weighted by Gasteiger charge is -2.41. The van der Waals surface area contributed by atoms with Crippen molar-refractivity contribution in [2.24, 2.45) is 0 Å². The van der Waals surface area contributed by atoms with Crippen molar-refractivity contribution in [3.63, 3.8) is 0 Å². The van der Waals surface area contributed by atoms with Crippen LogP contribution < -0.4 is 4.90 Å². The maximum Gasteiger partial charge on any atom is 0.115 e. The third kappa shape index (κ3) is 4.33. The molecule has 0 atom stereocenters. The van der Waals surface area contributed by atoms with Crippen molar-refractivity contribution >= 4 is 29.2 Å². The fraction of sp³-hybridized carbons (Fsp3) is 0.500. The van der Waals surface area contributed by atoms with E-state index in [0.29, 0.717) is 5.75 Å². The van der Waals surface area contributed by atoms with Gasteiger partial charge >= 0.3 is 0 Å². The fourth-order valence-electron chi connectivity index (χ4n) is 4.98. The van der Waals surface area contributed by atoms with E-state index in [0.717, 1.165) is 32.7 Å². The summed E-state index contributed by atoms with van der Waals surface area (Å²) in [4.78, 5) is 7.74. The van der Waals surface area contributed by atoms with Gasteiger partial charge in [-0.3, -0.25) is 9.80 Å². The average molecular weight is 442 g/mol. The number of hydrogen-bond acceptors (Lipinski definition) is 6. The molecule has 160 valence electrons. The van der Waals surface area contributed by atoms with Gasteiger partial charge in [0.2, 0.25) is 0 Å². The Morgan fingerprint density at radius 3 is 2.30 bits per heavy atom. The standard InChI is InChI=1S/C24H31N3OS2/c28-22-8-6-21(7-9-22)27-14-12-25(13-15-27)10-3-11-26-18-20-4-1-2-5-23(20)24(19-26)29-16-17-30-24/h1-2,4-9,28H,3,10-19H2. The number of nitrogens with zero attached hydrogens (tertiary/aromatic N) is 3. The number of benzene rings is 2. The summed E-state index contributed by atoms with van der Waals surface area (Å²) in [6, 6.07) is 16.7. The highest BCUT2D eigenvalue weighted by Crippen LogP contribution is 2.55. The van der Waals surface area contributed by atoms with Gasteiger partial charge in [0.05, 0.1) is 4.08 Å². The van der Waals surface area contributed by atoms with Crippen molar-refractivity contribution in [1.82, 2.24) is 9.80 Å². The first-order valence-corrected chi connectivity index (χ1v) is 13.0. The van der Waals surface area contributed by atoms with Crippen molar-refractivity contribution in [3.05, 3.63) is 59.7 Å². The Morgan fingerprint density at radius 1 is 0.833 bits per heavy atom. The number of anilines is 1. The van der Waals surface area contributed by atoms with E-state index in [1.165, 1.54) is 48.8 Å². The highest BCUT2D eigenvalue weighted by Gasteiger charge is 2.43. The number of phenols is 1. The predicted molar refractivity (Wildman–Crippen MR) is 130 cm³/mol. The molecule has 2 fully saturated rings. The van der Waals surface area contributed by atoms with E-state index in [2.05, 4.69) is 62.5 Å². The van der Waals surface area contributed by atoms with E-state index in [4.69, 9.17) is 0 Å². The van der Waals surface area contributed by atoms with Crippen LogP contribution in [-0.4, -0.2) is 72.2 Å². The fourth-order valence-corrected chi connectivity index (χ4v) is 8.39. The minimum Gasteiger partial charge on any atom is -0.508 e. The van der Waals surface area contributed by atoms with Crippen LogP contribution in [0.2, 0.25) is 0 Å². The Labute approximate surface area is 188 Å². The van der Waals surface area contributed by atoms with E-state index in [1.807, 2.05) is 12.1 Å². The van der Waals surface area contributed by atoms with Crippen molar-refractivity contribution < 1.29 is 5.11 Å². The molecule has 3 heterocycles. The van der Waals surface area contributed by atoms with Crippen molar-refractivity contribution in [2.45, 2.75) is 17.0 Å². The first-order chi connectivity index (χ1) is 14.7. The Morgan fingerprint density at radius 2 is 1.53 bits per heavy atom. The molecule has 0 amide bonds. The molecule has 0 aliphatic carbocycles. The average Bonchev–Trinajstić information content (AvgIpc) is 3.24. The molecule has 0 aromatic heterocycles. The summed E-state index contributed by atoms with van der Waals surface area (Å²) < 4.78 is 0.268.